The minimum Gasteiger partial charge on any atom is -0.509 e. The summed E-state index contributed by atoms with van der Waals surface area (Å²) in [5.74, 6) is -1.15. The maximum absolute atomic E-state index is 10.2. The largest absolute Gasteiger partial charge is 0.509 e. The second-order valence-electron chi connectivity index (χ2n) is 7.85. The maximum Gasteiger partial charge on any atom is 0.139 e. The molecular formula is C24H30O6. The summed E-state index contributed by atoms with van der Waals surface area (Å²) in [6.45, 7) is 7.55. The highest BCUT2D eigenvalue weighted by Gasteiger charge is 2.34. The first-order valence-electron chi connectivity index (χ1n) is 9.68. The second kappa shape index (κ2) is 9.91. The maximum atomic E-state index is 10.2. The van der Waals surface area contributed by atoms with Crippen molar-refractivity contribution in [2.45, 2.75) is 52.1 Å². The first kappa shape index (κ1) is 23.6. The molecule has 0 spiro atoms. The Morgan fingerprint density at radius 2 is 0.833 bits per heavy atom. The molecule has 0 aromatic heterocycles. The molecule has 0 fully saturated rings. The number of aliphatic hydroxyl groups excluding tert-OH is 6. The van der Waals surface area contributed by atoms with Crippen molar-refractivity contribution in [1.29, 1.82) is 0 Å². The number of aryl methyl sites for hydroxylation is 4. The van der Waals surface area contributed by atoms with Crippen LogP contribution in [0.5, 0.6) is 0 Å². The lowest BCUT2D eigenvalue weighted by Crippen LogP contribution is -2.45. The summed E-state index contributed by atoms with van der Waals surface area (Å²) in [4.78, 5) is 0. The van der Waals surface area contributed by atoms with Crippen molar-refractivity contribution >= 4 is 12.2 Å². The van der Waals surface area contributed by atoms with E-state index in [-0.39, 0.29) is 0 Å². The molecule has 0 aliphatic heterocycles. The van der Waals surface area contributed by atoms with Gasteiger partial charge in [0, 0.05) is 0 Å². The number of rotatable bonds is 7. The summed E-state index contributed by atoms with van der Waals surface area (Å²) >= 11 is 0. The number of benzene rings is 2. The van der Waals surface area contributed by atoms with Gasteiger partial charge in [0.05, 0.1) is 0 Å². The summed E-state index contributed by atoms with van der Waals surface area (Å²) in [6, 6.07) is 11.0. The predicted molar refractivity (Wildman–Crippen MR) is 117 cm³/mol. The molecule has 0 heterocycles. The molecule has 6 heteroatoms. The van der Waals surface area contributed by atoms with Gasteiger partial charge in [0.15, 0.2) is 0 Å². The molecular weight excluding hydrogens is 384 g/mol. The van der Waals surface area contributed by atoms with Gasteiger partial charge in [0.1, 0.15) is 35.9 Å². The number of aliphatic hydroxyl groups is 6. The Morgan fingerprint density at radius 1 is 0.567 bits per heavy atom. The van der Waals surface area contributed by atoms with Crippen LogP contribution in [0.3, 0.4) is 0 Å². The molecule has 30 heavy (non-hydrogen) atoms. The minimum atomic E-state index is -1.93. The summed E-state index contributed by atoms with van der Waals surface area (Å²) in [6.07, 6.45) is -5.03. The van der Waals surface area contributed by atoms with Crippen LogP contribution in [0.4, 0.5) is 0 Å². The fraction of sp³-hybridized carbons (Fsp3) is 0.333. The Bertz CT molecular complexity index is 829. The van der Waals surface area contributed by atoms with Crippen LogP contribution in [-0.2, 0) is 0 Å². The van der Waals surface area contributed by atoms with E-state index in [4.69, 9.17) is 0 Å². The lowest BCUT2D eigenvalue weighted by molar-refractivity contribution is -0.0996. The van der Waals surface area contributed by atoms with Crippen LogP contribution in [0.2, 0.25) is 0 Å². The third kappa shape index (κ3) is 6.18. The van der Waals surface area contributed by atoms with Crippen molar-refractivity contribution in [1.82, 2.24) is 0 Å². The quantitative estimate of drug-likeness (QED) is 0.388. The van der Waals surface area contributed by atoms with Crippen LogP contribution in [0.15, 0.2) is 47.9 Å². The van der Waals surface area contributed by atoms with Gasteiger partial charge in [-0.25, -0.2) is 0 Å². The standard InChI is InChI=1S/C24H30O6/c1-13-5-14(2)8-17(7-13)11-19(25)21(27)23(29)24(30)22(28)20(26)12-18-9-15(3)6-16(4)10-18/h5-12,21-30H,1-4H3/t21-,22+,23-,24-/m1/s1. The molecule has 0 amide bonds. The average molecular weight is 414 g/mol. The normalized spacial score (nSPS) is 16.8. The zero-order valence-corrected chi connectivity index (χ0v) is 17.6. The van der Waals surface area contributed by atoms with E-state index in [9.17, 15) is 30.6 Å². The molecule has 2 aromatic rings. The summed E-state index contributed by atoms with van der Waals surface area (Å²) < 4.78 is 0. The van der Waals surface area contributed by atoms with Crippen molar-refractivity contribution in [3.8, 4) is 0 Å². The van der Waals surface area contributed by atoms with Gasteiger partial charge in [-0.05, 0) is 51.0 Å². The van der Waals surface area contributed by atoms with Crippen molar-refractivity contribution in [3.05, 3.63) is 81.3 Å². The highest BCUT2D eigenvalue weighted by molar-refractivity contribution is 5.55. The predicted octanol–water partition coefficient (Wildman–Crippen LogP) is 2.86. The van der Waals surface area contributed by atoms with Crippen LogP contribution < -0.4 is 0 Å². The Kier molecular flexibility index (Phi) is 7.81. The average Bonchev–Trinajstić information content (AvgIpc) is 2.63. The molecule has 0 saturated heterocycles. The van der Waals surface area contributed by atoms with Crippen molar-refractivity contribution in [2.75, 3.05) is 0 Å². The van der Waals surface area contributed by atoms with Gasteiger partial charge < -0.3 is 30.6 Å². The molecule has 2 rings (SSSR count). The smallest absolute Gasteiger partial charge is 0.139 e. The zero-order valence-electron chi connectivity index (χ0n) is 17.6. The lowest BCUT2D eigenvalue weighted by Gasteiger charge is -2.26. The monoisotopic (exact) mass is 414 g/mol. The van der Waals surface area contributed by atoms with Gasteiger partial charge in [-0.2, -0.15) is 0 Å². The topological polar surface area (TPSA) is 121 Å². The summed E-state index contributed by atoms with van der Waals surface area (Å²) in [5.41, 5.74) is 5.07. The van der Waals surface area contributed by atoms with Crippen molar-refractivity contribution in [2.24, 2.45) is 0 Å². The van der Waals surface area contributed by atoms with Crippen LogP contribution in [0, 0.1) is 27.7 Å². The summed E-state index contributed by atoms with van der Waals surface area (Å²) in [5, 5.41) is 61.2. The third-order valence-electron chi connectivity index (χ3n) is 4.72. The second-order valence-corrected chi connectivity index (χ2v) is 7.85. The van der Waals surface area contributed by atoms with Crippen LogP contribution in [0.1, 0.15) is 33.4 Å². The number of hydrogen-bond acceptors (Lipinski definition) is 6. The van der Waals surface area contributed by atoms with Crippen molar-refractivity contribution < 1.29 is 30.6 Å². The zero-order chi connectivity index (χ0) is 22.6. The highest BCUT2D eigenvalue weighted by Crippen LogP contribution is 2.20. The van der Waals surface area contributed by atoms with E-state index >= 15 is 0 Å². The van der Waals surface area contributed by atoms with Gasteiger partial charge in [-0.15, -0.1) is 0 Å². The third-order valence-corrected chi connectivity index (χ3v) is 4.72. The Hall–Kier alpha value is -2.64. The van der Waals surface area contributed by atoms with Crippen LogP contribution in [0.25, 0.3) is 12.2 Å². The van der Waals surface area contributed by atoms with E-state index in [1.54, 1.807) is 24.3 Å². The fourth-order valence-corrected chi connectivity index (χ4v) is 3.42. The molecule has 6 N–H and O–H groups in total. The first-order chi connectivity index (χ1) is 14.0. The van der Waals surface area contributed by atoms with Gasteiger partial charge in [-0.1, -0.05) is 58.7 Å². The van der Waals surface area contributed by atoms with E-state index in [0.29, 0.717) is 11.1 Å². The molecule has 2 aromatic carbocycles. The lowest BCUT2D eigenvalue weighted by atomic mass is 9.98. The SMILES string of the molecule is Cc1cc(C)cc(C=C(O)[C@@H](O)[C@@H](O)[C@H](O)[C@@H](O)C(O)=Cc2cc(C)cc(C)c2)c1. The molecule has 0 saturated carbocycles. The molecule has 0 bridgehead atoms. The van der Waals surface area contributed by atoms with Gasteiger partial charge in [0.25, 0.3) is 0 Å². The Morgan fingerprint density at radius 3 is 1.10 bits per heavy atom. The highest BCUT2D eigenvalue weighted by atomic mass is 16.4. The van der Waals surface area contributed by atoms with Gasteiger partial charge in [0.2, 0.25) is 0 Å². The van der Waals surface area contributed by atoms with Crippen molar-refractivity contribution in [3.63, 3.8) is 0 Å². The van der Waals surface area contributed by atoms with Gasteiger partial charge >= 0.3 is 0 Å². The van der Waals surface area contributed by atoms with E-state index in [0.717, 1.165) is 22.3 Å². The van der Waals surface area contributed by atoms with Crippen LogP contribution in [-0.4, -0.2) is 55.1 Å². The minimum absolute atomic E-state index is 0.573. The first-order valence-corrected chi connectivity index (χ1v) is 9.68. The molecule has 0 aliphatic rings. The Labute approximate surface area is 176 Å². The molecule has 6 nitrogen and oxygen atoms in total. The molecule has 162 valence electrons. The van der Waals surface area contributed by atoms with E-state index in [1.165, 1.54) is 12.2 Å². The molecule has 4 atom stereocenters. The van der Waals surface area contributed by atoms with E-state index in [1.807, 2.05) is 39.8 Å². The Balaban J connectivity index is 2.16. The summed E-state index contributed by atoms with van der Waals surface area (Å²) in [7, 11) is 0. The van der Waals surface area contributed by atoms with Gasteiger partial charge in [-0.3, -0.25) is 0 Å². The van der Waals surface area contributed by atoms with Crippen LogP contribution >= 0.6 is 0 Å². The molecule has 0 radical (unpaired) electrons. The molecule has 0 unspecified atom stereocenters. The number of hydrogen-bond donors (Lipinski definition) is 6. The van der Waals surface area contributed by atoms with E-state index < -0.39 is 35.9 Å². The fourth-order valence-electron chi connectivity index (χ4n) is 3.42. The molecule has 0 aliphatic carbocycles. The van der Waals surface area contributed by atoms with E-state index in [2.05, 4.69) is 0 Å².